The molecule has 1 unspecified atom stereocenters. The van der Waals surface area contributed by atoms with Gasteiger partial charge in [0.05, 0.1) is 10.6 Å². The Morgan fingerprint density at radius 3 is 2.67 bits per heavy atom. The zero-order valence-electron chi connectivity index (χ0n) is 11.1. The lowest BCUT2D eigenvalue weighted by atomic mass is 10.2. The molecule has 0 bridgehead atoms. The van der Waals surface area contributed by atoms with Crippen LogP contribution in [0.1, 0.15) is 10.9 Å². The second-order valence-corrected chi connectivity index (χ2v) is 7.43. The van der Waals surface area contributed by atoms with Crippen molar-refractivity contribution in [3.63, 3.8) is 0 Å². The molecular formula is C13H14N2O4S2. The normalized spacial score (nSPS) is 12.9. The Kier molecular flexibility index (Phi) is 4.31. The highest BCUT2D eigenvalue weighted by Crippen LogP contribution is 2.27. The molecule has 0 saturated carbocycles. The van der Waals surface area contributed by atoms with Gasteiger partial charge in [-0.05, 0) is 29.6 Å². The number of sulfone groups is 1. The molecule has 0 saturated heterocycles. The van der Waals surface area contributed by atoms with Crippen LogP contribution in [0.5, 0.6) is 5.75 Å². The van der Waals surface area contributed by atoms with Crippen molar-refractivity contribution in [3.05, 3.63) is 40.6 Å². The third kappa shape index (κ3) is 3.60. The van der Waals surface area contributed by atoms with Gasteiger partial charge in [0.1, 0.15) is 11.8 Å². The van der Waals surface area contributed by atoms with Crippen molar-refractivity contribution in [3.8, 4) is 5.75 Å². The maximum Gasteiger partial charge on any atom is 0.246 e. The second-order valence-electron chi connectivity index (χ2n) is 4.43. The molecule has 0 aliphatic heterocycles. The van der Waals surface area contributed by atoms with Gasteiger partial charge in [0.15, 0.2) is 9.84 Å². The predicted molar refractivity (Wildman–Crippen MR) is 81.1 cm³/mol. The molecule has 0 fully saturated rings. The number of carbonyl (C=O) groups excluding carboxylic acids is 1. The summed E-state index contributed by atoms with van der Waals surface area (Å²) in [5, 5.41) is 13.9. The van der Waals surface area contributed by atoms with Crippen LogP contribution < -0.4 is 11.1 Å². The highest BCUT2D eigenvalue weighted by molar-refractivity contribution is 7.90. The van der Waals surface area contributed by atoms with E-state index in [1.807, 2.05) is 0 Å². The lowest BCUT2D eigenvalue weighted by Crippen LogP contribution is -2.27. The zero-order chi connectivity index (χ0) is 15.6. The standard InChI is InChI=1S/C13H14N2O4S2/c1-21(18,19)8-4-5-10(16)9(7-8)15-13(17)12(14)11-3-2-6-20-11/h2-7,12,16H,14H2,1H3,(H,15,17). The molecule has 21 heavy (non-hydrogen) atoms. The summed E-state index contributed by atoms with van der Waals surface area (Å²) in [6.07, 6.45) is 1.04. The highest BCUT2D eigenvalue weighted by atomic mass is 32.2. The van der Waals surface area contributed by atoms with Gasteiger partial charge in [-0.2, -0.15) is 0 Å². The third-order valence-electron chi connectivity index (χ3n) is 2.79. The number of aromatic hydroxyl groups is 1. The Labute approximate surface area is 126 Å². The molecule has 0 aliphatic rings. The van der Waals surface area contributed by atoms with Crippen molar-refractivity contribution < 1.29 is 18.3 Å². The first-order valence-corrected chi connectivity index (χ1v) is 8.69. The number of hydrogen-bond acceptors (Lipinski definition) is 6. The van der Waals surface area contributed by atoms with E-state index < -0.39 is 21.8 Å². The fraction of sp³-hybridized carbons (Fsp3) is 0.154. The predicted octanol–water partition coefficient (Wildman–Crippen LogP) is 1.50. The van der Waals surface area contributed by atoms with Gasteiger partial charge in [-0.15, -0.1) is 11.3 Å². The van der Waals surface area contributed by atoms with Crippen molar-refractivity contribution >= 4 is 32.8 Å². The van der Waals surface area contributed by atoms with E-state index in [-0.39, 0.29) is 16.3 Å². The summed E-state index contributed by atoms with van der Waals surface area (Å²) in [6.45, 7) is 0. The van der Waals surface area contributed by atoms with Gasteiger partial charge >= 0.3 is 0 Å². The van der Waals surface area contributed by atoms with Gasteiger partial charge in [0.2, 0.25) is 5.91 Å². The molecule has 1 aromatic carbocycles. The van der Waals surface area contributed by atoms with Gasteiger partial charge in [0.25, 0.3) is 0 Å². The molecule has 112 valence electrons. The average Bonchev–Trinajstić information content (AvgIpc) is 2.92. The molecule has 1 aromatic heterocycles. The lowest BCUT2D eigenvalue weighted by molar-refractivity contribution is -0.117. The van der Waals surface area contributed by atoms with Gasteiger partial charge < -0.3 is 16.2 Å². The number of anilines is 1. The first-order chi connectivity index (χ1) is 9.79. The van der Waals surface area contributed by atoms with Crippen molar-refractivity contribution in [2.45, 2.75) is 10.9 Å². The first kappa shape index (κ1) is 15.5. The van der Waals surface area contributed by atoms with E-state index in [0.717, 1.165) is 6.26 Å². The molecule has 1 atom stereocenters. The lowest BCUT2D eigenvalue weighted by Gasteiger charge is -2.12. The molecule has 0 radical (unpaired) electrons. The fourth-order valence-electron chi connectivity index (χ4n) is 1.65. The first-order valence-electron chi connectivity index (χ1n) is 5.92. The molecule has 6 nitrogen and oxygen atoms in total. The summed E-state index contributed by atoms with van der Waals surface area (Å²) in [5.74, 6) is -0.757. The molecule has 1 amide bonds. The average molecular weight is 326 g/mol. The van der Waals surface area contributed by atoms with Crippen molar-refractivity contribution in [2.24, 2.45) is 5.73 Å². The number of benzene rings is 1. The van der Waals surface area contributed by atoms with E-state index in [1.54, 1.807) is 17.5 Å². The van der Waals surface area contributed by atoms with Gasteiger partial charge in [-0.3, -0.25) is 4.79 Å². The summed E-state index contributed by atoms with van der Waals surface area (Å²) < 4.78 is 23.0. The Balaban J connectivity index is 2.25. The molecule has 1 heterocycles. The molecule has 0 spiro atoms. The summed E-state index contributed by atoms with van der Waals surface area (Å²) in [5.41, 5.74) is 5.81. The van der Waals surface area contributed by atoms with E-state index >= 15 is 0 Å². The van der Waals surface area contributed by atoms with Gasteiger partial charge in [0, 0.05) is 11.1 Å². The van der Waals surface area contributed by atoms with E-state index in [0.29, 0.717) is 4.88 Å². The number of phenolic OH excluding ortho intramolecular Hbond substituents is 1. The van der Waals surface area contributed by atoms with Crippen LogP contribution in [-0.4, -0.2) is 25.7 Å². The minimum atomic E-state index is -3.43. The van der Waals surface area contributed by atoms with Crippen LogP contribution in [-0.2, 0) is 14.6 Å². The molecule has 2 aromatic rings. The van der Waals surface area contributed by atoms with E-state index in [1.165, 1.54) is 29.5 Å². The Morgan fingerprint density at radius 1 is 1.38 bits per heavy atom. The van der Waals surface area contributed by atoms with Gasteiger partial charge in [-0.25, -0.2) is 8.42 Å². The Morgan fingerprint density at radius 2 is 2.10 bits per heavy atom. The fourth-order valence-corrected chi connectivity index (χ4v) is 3.03. The highest BCUT2D eigenvalue weighted by Gasteiger charge is 2.19. The van der Waals surface area contributed by atoms with E-state index in [2.05, 4.69) is 5.32 Å². The van der Waals surface area contributed by atoms with Crippen LogP contribution in [0, 0.1) is 0 Å². The molecule has 0 aliphatic carbocycles. The Hall–Kier alpha value is -1.90. The van der Waals surface area contributed by atoms with Crippen molar-refractivity contribution in [1.82, 2.24) is 0 Å². The van der Waals surface area contributed by atoms with Crippen LogP contribution >= 0.6 is 11.3 Å². The molecule has 2 rings (SSSR count). The number of phenols is 1. The van der Waals surface area contributed by atoms with Crippen LogP contribution in [0.4, 0.5) is 5.69 Å². The topological polar surface area (TPSA) is 109 Å². The van der Waals surface area contributed by atoms with Crippen LogP contribution in [0.3, 0.4) is 0 Å². The quantitative estimate of drug-likeness (QED) is 0.738. The van der Waals surface area contributed by atoms with E-state index in [9.17, 15) is 18.3 Å². The minimum Gasteiger partial charge on any atom is -0.506 e. The SMILES string of the molecule is CS(=O)(=O)c1ccc(O)c(NC(=O)C(N)c2cccs2)c1. The van der Waals surface area contributed by atoms with Crippen molar-refractivity contribution in [1.29, 1.82) is 0 Å². The largest absolute Gasteiger partial charge is 0.506 e. The van der Waals surface area contributed by atoms with Crippen LogP contribution in [0.25, 0.3) is 0 Å². The number of thiophene rings is 1. The number of nitrogens with one attached hydrogen (secondary N) is 1. The number of hydrogen-bond donors (Lipinski definition) is 3. The van der Waals surface area contributed by atoms with E-state index in [4.69, 9.17) is 5.73 Å². The third-order valence-corrected chi connectivity index (χ3v) is 4.85. The number of carbonyl (C=O) groups is 1. The van der Waals surface area contributed by atoms with Crippen LogP contribution in [0.15, 0.2) is 40.6 Å². The maximum absolute atomic E-state index is 12.0. The zero-order valence-corrected chi connectivity index (χ0v) is 12.7. The summed E-state index contributed by atoms with van der Waals surface area (Å²) in [7, 11) is -3.43. The summed E-state index contributed by atoms with van der Waals surface area (Å²) in [6, 6.07) is 6.29. The summed E-state index contributed by atoms with van der Waals surface area (Å²) >= 11 is 1.34. The number of nitrogens with two attached hydrogens (primary N) is 1. The number of rotatable bonds is 4. The maximum atomic E-state index is 12.0. The van der Waals surface area contributed by atoms with Crippen molar-refractivity contribution in [2.75, 3.05) is 11.6 Å². The second kappa shape index (κ2) is 5.84. The number of amides is 1. The van der Waals surface area contributed by atoms with Gasteiger partial charge in [-0.1, -0.05) is 6.07 Å². The molecule has 4 N–H and O–H groups in total. The monoisotopic (exact) mass is 326 g/mol. The molecule has 8 heteroatoms. The van der Waals surface area contributed by atoms with Crippen LogP contribution in [0.2, 0.25) is 0 Å². The smallest absolute Gasteiger partial charge is 0.246 e. The minimum absolute atomic E-state index is 0.000273. The Bertz CT molecular complexity index is 754. The molecular weight excluding hydrogens is 312 g/mol. The summed E-state index contributed by atoms with van der Waals surface area (Å²) in [4.78, 5) is 12.7.